The molecule has 1 saturated heterocycles. The van der Waals surface area contributed by atoms with Gasteiger partial charge in [0.2, 0.25) is 10.0 Å². The van der Waals surface area contributed by atoms with Crippen molar-refractivity contribution in [3.8, 4) is 17.1 Å². The number of aryl methyl sites for hydroxylation is 1. The number of nitrogens with zero attached hydrogens (tertiary/aromatic N) is 6. The van der Waals surface area contributed by atoms with Crippen LogP contribution in [0.15, 0.2) is 33.0 Å². The van der Waals surface area contributed by atoms with Crippen molar-refractivity contribution in [3.63, 3.8) is 0 Å². The van der Waals surface area contributed by atoms with Gasteiger partial charge in [0.05, 0.1) is 22.8 Å². The van der Waals surface area contributed by atoms with Gasteiger partial charge in [-0.3, -0.25) is 4.79 Å². The molecule has 3 aliphatic rings. The Balaban J connectivity index is 1.35. The van der Waals surface area contributed by atoms with E-state index in [0.717, 1.165) is 31.5 Å². The molecule has 2 fully saturated rings. The molecule has 0 amide bonds. The fourth-order valence-electron chi connectivity index (χ4n) is 5.97. The van der Waals surface area contributed by atoms with Gasteiger partial charge in [-0.15, -0.1) is 5.10 Å². The van der Waals surface area contributed by atoms with Crippen molar-refractivity contribution in [1.82, 2.24) is 28.8 Å². The van der Waals surface area contributed by atoms with E-state index in [1.54, 1.807) is 10.6 Å². The first kappa shape index (κ1) is 28.5. The molecule has 6 rings (SSSR count). The average Bonchev–Trinajstić information content (AvgIpc) is 3.15. The molecule has 226 valence electrons. The van der Waals surface area contributed by atoms with Crippen molar-refractivity contribution in [3.05, 3.63) is 40.1 Å². The van der Waals surface area contributed by atoms with Crippen LogP contribution >= 0.6 is 0 Å². The molecule has 0 unspecified atom stereocenters. The summed E-state index contributed by atoms with van der Waals surface area (Å²) < 4.78 is 42.1. The fourth-order valence-corrected chi connectivity index (χ4v) is 7.42. The van der Waals surface area contributed by atoms with Gasteiger partial charge in [0.1, 0.15) is 18.2 Å². The Morgan fingerprint density at radius 1 is 1.07 bits per heavy atom. The van der Waals surface area contributed by atoms with E-state index in [2.05, 4.69) is 10.1 Å². The van der Waals surface area contributed by atoms with Crippen molar-refractivity contribution in [1.29, 1.82) is 0 Å². The van der Waals surface area contributed by atoms with Crippen molar-refractivity contribution < 1.29 is 22.7 Å². The summed E-state index contributed by atoms with van der Waals surface area (Å²) in [5.41, 5.74) is 1.12. The Bertz CT molecular complexity index is 1630. The molecule has 1 saturated carbocycles. The Hall–Kier alpha value is -3.65. The lowest BCUT2D eigenvalue weighted by molar-refractivity contribution is 0.0414. The Morgan fingerprint density at radius 2 is 1.83 bits per heavy atom. The van der Waals surface area contributed by atoms with E-state index in [0.29, 0.717) is 61.5 Å². The maximum absolute atomic E-state index is 13.8. The second-order valence-corrected chi connectivity index (χ2v) is 12.8. The Labute approximate surface area is 244 Å². The van der Waals surface area contributed by atoms with Crippen LogP contribution in [0.5, 0.6) is 5.75 Å². The van der Waals surface area contributed by atoms with E-state index in [9.17, 15) is 13.2 Å². The molecule has 3 aromatic rings. The van der Waals surface area contributed by atoms with Gasteiger partial charge < -0.3 is 24.2 Å². The number of aromatic nitrogens is 4. The van der Waals surface area contributed by atoms with Crippen LogP contribution in [-0.2, 0) is 19.6 Å². The van der Waals surface area contributed by atoms with Crippen LogP contribution in [0.2, 0.25) is 0 Å². The summed E-state index contributed by atoms with van der Waals surface area (Å²) in [7, 11) is -3.86. The van der Waals surface area contributed by atoms with Crippen molar-refractivity contribution in [2.24, 2.45) is 5.16 Å². The van der Waals surface area contributed by atoms with Crippen molar-refractivity contribution >= 4 is 21.6 Å². The summed E-state index contributed by atoms with van der Waals surface area (Å²) in [5, 5.41) is 8.78. The largest absolute Gasteiger partial charge is 0.493 e. The number of H-pyrrole nitrogens is 1. The van der Waals surface area contributed by atoms with Crippen LogP contribution in [0.4, 0.5) is 0 Å². The lowest BCUT2D eigenvalue weighted by Gasteiger charge is -2.35. The minimum atomic E-state index is -3.86. The molecule has 0 radical (unpaired) electrons. The van der Waals surface area contributed by atoms with E-state index in [1.807, 2.05) is 18.7 Å². The van der Waals surface area contributed by atoms with E-state index in [4.69, 9.17) is 24.4 Å². The normalized spacial score (nSPS) is 19.2. The van der Waals surface area contributed by atoms with Crippen LogP contribution in [0.1, 0.15) is 62.9 Å². The highest BCUT2D eigenvalue weighted by Gasteiger charge is 2.32. The molecule has 0 spiro atoms. The molecular formula is C28H37N7O6S. The molecule has 0 bridgehead atoms. The molecule has 14 heteroatoms. The first-order valence-corrected chi connectivity index (χ1v) is 16.2. The average molecular weight is 600 g/mol. The third-order valence-corrected chi connectivity index (χ3v) is 10.0. The molecule has 1 N–H and O–H groups in total. The quantitative estimate of drug-likeness (QED) is 0.423. The van der Waals surface area contributed by atoms with Crippen molar-refractivity contribution in [2.75, 3.05) is 46.0 Å². The number of fused-ring (bicyclic) bond motifs is 1. The molecule has 1 aromatic carbocycles. The maximum atomic E-state index is 13.8. The van der Waals surface area contributed by atoms with Crippen LogP contribution in [-0.4, -0.2) is 89.2 Å². The summed E-state index contributed by atoms with van der Waals surface area (Å²) in [4.78, 5) is 28.1. The number of aromatic amines is 1. The number of benzene rings is 1. The SMILES string of the molecule is CCOc1ccc(S(=O)(=O)N2CCN(C3=NOCCO3)CC2)cc1-c1nn2c(C3CCCCCC3)nc(C)c2c(=O)[nH]1. The second-order valence-electron chi connectivity index (χ2n) is 10.8. The zero-order chi connectivity index (χ0) is 29.3. The highest BCUT2D eigenvalue weighted by atomic mass is 32.2. The van der Waals surface area contributed by atoms with Gasteiger partial charge in [-0.25, -0.2) is 17.9 Å². The molecule has 42 heavy (non-hydrogen) atoms. The van der Waals surface area contributed by atoms with Gasteiger partial charge in [0.15, 0.2) is 17.9 Å². The smallest absolute Gasteiger partial charge is 0.326 e. The lowest BCUT2D eigenvalue weighted by Crippen LogP contribution is -2.51. The third kappa shape index (κ3) is 5.44. The Kier molecular flexibility index (Phi) is 8.08. The predicted octanol–water partition coefficient (Wildman–Crippen LogP) is 2.85. The summed E-state index contributed by atoms with van der Waals surface area (Å²) >= 11 is 0. The first-order chi connectivity index (χ1) is 20.4. The minimum Gasteiger partial charge on any atom is -0.493 e. The summed E-state index contributed by atoms with van der Waals surface area (Å²) in [5.74, 6) is 1.67. The molecule has 2 aromatic heterocycles. The maximum Gasteiger partial charge on any atom is 0.326 e. The molecule has 1 aliphatic carbocycles. The van der Waals surface area contributed by atoms with Crippen LogP contribution in [0.3, 0.4) is 0 Å². The number of piperazine rings is 1. The highest BCUT2D eigenvalue weighted by Crippen LogP contribution is 2.34. The summed E-state index contributed by atoms with van der Waals surface area (Å²) in [6, 6.07) is 5.07. The number of imidazole rings is 1. The molecular weight excluding hydrogens is 562 g/mol. The van der Waals surface area contributed by atoms with Gasteiger partial charge in [-0.05, 0) is 50.0 Å². The number of ether oxygens (including phenoxy) is 2. The molecule has 4 heterocycles. The zero-order valence-electron chi connectivity index (χ0n) is 24.0. The summed E-state index contributed by atoms with van der Waals surface area (Å²) in [6.45, 7) is 6.19. The van der Waals surface area contributed by atoms with E-state index in [-0.39, 0.29) is 35.3 Å². The number of nitrogens with one attached hydrogen (secondary N) is 1. The van der Waals surface area contributed by atoms with E-state index < -0.39 is 10.0 Å². The van der Waals surface area contributed by atoms with Gasteiger partial charge in [-0.2, -0.15) is 4.31 Å². The van der Waals surface area contributed by atoms with Crippen molar-refractivity contribution in [2.45, 2.75) is 63.2 Å². The number of rotatable bonds is 6. The third-order valence-electron chi connectivity index (χ3n) is 8.12. The highest BCUT2D eigenvalue weighted by molar-refractivity contribution is 7.89. The fraction of sp³-hybridized carbons (Fsp3) is 0.571. The number of sulfonamides is 1. The first-order valence-electron chi connectivity index (χ1n) is 14.7. The lowest BCUT2D eigenvalue weighted by atomic mass is 10.00. The monoisotopic (exact) mass is 599 g/mol. The Morgan fingerprint density at radius 3 is 2.52 bits per heavy atom. The van der Waals surface area contributed by atoms with Crippen LogP contribution in [0.25, 0.3) is 16.9 Å². The second kappa shape index (κ2) is 11.9. The van der Waals surface area contributed by atoms with Gasteiger partial charge in [0, 0.05) is 32.1 Å². The number of hydrogen-bond acceptors (Lipinski definition) is 10. The van der Waals surface area contributed by atoms with E-state index >= 15 is 0 Å². The standard InChI is InChI=1S/C28H37N7O6S/c1-3-39-23-11-10-21(42(37,38)34-14-12-33(13-15-34)28-32-41-17-16-40-28)18-22(23)25-30-27(36)24-19(2)29-26(35(24)31-25)20-8-6-4-5-7-9-20/h10-11,18,20H,3-9,12-17H2,1-2H3,(H,30,31,36). The number of amidine groups is 1. The summed E-state index contributed by atoms with van der Waals surface area (Å²) in [6.07, 6.45) is 6.63. The number of hydrogen-bond donors (Lipinski definition) is 1. The molecule has 0 atom stereocenters. The molecule has 2 aliphatic heterocycles. The van der Waals surface area contributed by atoms with Gasteiger partial charge in [0.25, 0.3) is 5.56 Å². The van der Waals surface area contributed by atoms with Crippen LogP contribution in [0, 0.1) is 6.92 Å². The zero-order valence-corrected chi connectivity index (χ0v) is 24.9. The number of oxime groups is 1. The van der Waals surface area contributed by atoms with E-state index in [1.165, 1.54) is 29.3 Å². The predicted molar refractivity (Wildman–Crippen MR) is 155 cm³/mol. The van der Waals surface area contributed by atoms with Crippen LogP contribution < -0.4 is 10.3 Å². The minimum absolute atomic E-state index is 0.0949. The van der Waals surface area contributed by atoms with Gasteiger partial charge in [-0.1, -0.05) is 25.7 Å². The van der Waals surface area contributed by atoms with Gasteiger partial charge >= 0.3 is 6.02 Å². The topological polar surface area (TPSA) is 144 Å². The molecule has 13 nitrogen and oxygen atoms in total.